The maximum atomic E-state index is 12.6. The molecule has 0 atom stereocenters. The van der Waals surface area contributed by atoms with Crippen molar-refractivity contribution in [3.8, 4) is 5.75 Å². The van der Waals surface area contributed by atoms with Crippen molar-refractivity contribution in [2.24, 2.45) is 0 Å². The van der Waals surface area contributed by atoms with E-state index in [1.807, 2.05) is 12.1 Å². The predicted molar refractivity (Wildman–Crippen MR) is 99.2 cm³/mol. The van der Waals surface area contributed by atoms with E-state index in [9.17, 15) is 9.59 Å². The first-order valence-electron chi connectivity index (χ1n) is 8.95. The lowest BCUT2D eigenvalue weighted by molar-refractivity contribution is -0.117. The van der Waals surface area contributed by atoms with Gasteiger partial charge in [-0.05, 0) is 48.4 Å². The van der Waals surface area contributed by atoms with E-state index >= 15 is 0 Å². The zero-order valence-electron chi connectivity index (χ0n) is 14.5. The summed E-state index contributed by atoms with van der Waals surface area (Å²) in [4.78, 5) is 30.4. The van der Waals surface area contributed by atoms with Crippen LogP contribution in [0.2, 0.25) is 0 Å². The quantitative estimate of drug-likeness (QED) is 0.773. The van der Waals surface area contributed by atoms with E-state index in [1.54, 1.807) is 29.2 Å². The fourth-order valence-electron chi connectivity index (χ4n) is 3.49. The van der Waals surface area contributed by atoms with Crippen LogP contribution in [0.15, 0.2) is 40.8 Å². The molecule has 1 saturated heterocycles. The Kier molecular flexibility index (Phi) is 3.60. The Bertz CT molecular complexity index is 1070. The largest absolute Gasteiger partial charge is 0.493 e. The summed E-state index contributed by atoms with van der Waals surface area (Å²) in [6.45, 7) is 1.28. The number of amides is 2. The lowest BCUT2D eigenvalue weighted by atomic mass is 10.1. The van der Waals surface area contributed by atoms with Crippen LogP contribution < -0.4 is 15.0 Å². The summed E-state index contributed by atoms with van der Waals surface area (Å²) < 4.78 is 11.2. The molecular weight excluding hydrogens is 346 g/mol. The van der Waals surface area contributed by atoms with Crippen molar-refractivity contribution in [2.75, 3.05) is 23.4 Å². The lowest BCUT2D eigenvalue weighted by Crippen LogP contribution is -2.23. The summed E-state index contributed by atoms with van der Waals surface area (Å²) in [6.07, 6.45) is 2.15. The molecule has 7 heteroatoms. The number of oxazole rings is 1. The first-order valence-corrected chi connectivity index (χ1v) is 8.95. The van der Waals surface area contributed by atoms with Gasteiger partial charge in [0.25, 0.3) is 5.91 Å². The van der Waals surface area contributed by atoms with Crippen molar-refractivity contribution in [3.05, 3.63) is 47.5 Å². The van der Waals surface area contributed by atoms with E-state index < -0.39 is 0 Å². The Balaban J connectivity index is 1.38. The molecule has 0 spiro atoms. The summed E-state index contributed by atoms with van der Waals surface area (Å²) in [5.41, 5.74) is 3.44. The molecule has 1 fully saturated rings. The van der Waals surface area contributed by atoms with Gasteiger partial charge in [0, 0.05) is 30.6 Å². The first-order chi connectivity index (χ1) is 13.2. The average molecular weight is 363 g/mol. The van der Waals surface area contributed by atoms with Crippen molar-refractivity contribution in [1.82, 2.24) is 4.98 Å². The number of benzene rings is 2. The van der Waals surface area contributed by atoms with Gasteiger partial charge >= 0.3 is 6.01 Å². The standard InChI is InChI=1S/C20H17N3O4/c24-18-2-1-8-23(18)20-22-15-11-14(4-6-17(15)27-20)21-19(25)13-3-5-16-12(10-13)7-9-26-16/h3-6,10-11H,1-2,7-9H2,(H,21,25). The Morgan fingerprint density at radius 2 is 2.07 bits per heavy atom. The van der Waals surface area contributed by atoms with E-state index in [1.165, 1.54) is 0 Å². The molecule has 0 radical (unpaired) electrons. The number of hydrogen-bond acceptors (Lipinski definition) is 5. The Morgan fingerprint density at radius 3 is 2.93 bits per heavy atom. The van der Waals surface area contributed by atoms with Crippen LogP contribution >= 0.6 is 0 Å². The highest BCUT2D eigenvalue weighted by Crippen LogP contribution is 2.28. The first kappa shape index (κ1) is 15.9. The molecule has 27 heavy (non-hydrogen) atoms. The molecule has 0 bridgehead atoms. The second-order valence-corrected chi connectivity index (χ2v) is 6.70. The molecule has 7 nitrogen and oxygen atoms in total. The molecule has 2 aromatic carbocycles. The van der Waals surface area contributed by atoms with Gasteiger partial charge in [-0.3, -0.25) is 14.5 Å². The number of fused-ring (bicyclic) bond motifs is 2. The third-order valence-corrected chi connectivity index (χ3v) is 4.89. The fraction of sp³-hybridized carbons (Fsp3) is 0.250. The summed E-state index contributed by atoms with van der Waals surface area (Å²) >= 11 is 0. The normalized spacial score (nSPS) is 15.9. The molecule has 2 aliphatic heterocycles. The minimum atomic E-state index is -0.192. The number of nitrogens with one attached hydrogen (secondary N) is 1. The van der Waals surface area contributed by atoms with Gasteiger partial charge in [0.15, 0.2) is 5.58 Å². The van der Waals surface area contributed by atoms with E-state index in [-0.39, 0.29) is 11.8 Å². The van der Waals surface area contributed by atoms with E-state index in [0.717, 1.165) is 24.2 Å². The van der Waals surface area contributed by atoms with Gasteiger partial charge in [-0.1, -0.05) is 0 Å². The van der Waals surface area contributed by atoms with Crippen LogP contribution in [0.3, 0.4) is 0 Å². The maximum absolute atomic E-state index is 12.6. The van der Waals surface area contributed by atoms with Crippen LogP contribution in [0.5, 0.6) is 5.75 Å². The smallest absolute Gasteiger partial charge is 0.305 e. The van der Waals surface area contributed by atoms with Crippen molar-refractivity contribution in [1.29, 1.82) is 0 Å². The second kappa shape index (κ2) is 6.12. The maximum Gasteiger partial charge on any atom is 0.305 e. The molecule has 3 heterocycles. The number of carbonyl (C=O) groups is 2. The van der Waals surface area contributed by atoms with Gasteiger partial charge < -0.3 is 14.5 Å². The molecule has 1 aromatic heterocycles. The summed E-state index contributed by atoms with van der Waals surface area (Å²) in [5.74, 6) is 0.678. The SMILES string of the molecule is O=C(Nc1ccc2oc(N3CCCC3=O)nc2c1)c1ccc2c(c1)CCO2. The van der Waals surface area contributed by atoms with E-state index in [0.29, 0.717) is 47.9 Å². The predicted octanol–water partition coefficient (Wildman–Crippen LogP) is 3.14. The van der Waals surface area contributed by atoms with Crippen LogP contribution in [0.25, 0.3) is 11.1 Å². The molecule has 0 saturated carbocycles. The van der Waals surface area contributed by atoms with Crippen molar-refractivity contribution < 1.29 is 18.7 Å². The zero-order chi connectivity index (χ0) is 18.4. The third kappa shape index (κ3) is 2.81. The minimum absolute atomic E-state index is 0.0238. The number of rotatable bonds is 3. The molecular formula is C20H17N3O4. The Labute approximate surface area is 154 Å². The zero-order valence-corrected chi connectivity index (χ0v) is 14.5. The van der Waals surface area contributed by atoms with Gasteiger partial charge in [-0.15, -0.1) is 0 Å². The molecule has 5 rings (SSSR count). The number of ether oxygens (including phenoxy) is 1. The number of anilines is 2. The van der Waals surface area contributed by atoms with Crippen molar-refractivity contribution in [2.45, 2.75) is 19.3 Å². The van der Waals surface area contributed by atoms with E-state index in [4.69, 9.17) is 9.15 Å². The Morgan fingerprint density at radius 1 is 1.15 bits per heavy atom. The molecule has 3 aromatic rings. The lowest BCUT2D eigenvalue weighted by Gasteiger charge is -2.08. The van der Waals surface area contributed by atoms with Gasteiger partial charge in [-0.25, -0.2) is 0 Å². The summed E-state index contributed by atoms with van der Waals surface area (Å²) in [5, 5.41) is 2.89. The van der Waals surface area contributed by atoms with Gasteiger partial charge in [-0.2, -0.15) is 4.98 Å². The van der Waals surface area contributed by atoms with Gasteiger partial charge in [0.2, 0.25) is 5.91 Å². The van der Waals surface area contributed by atoms with Crippen molar-refractivity contribution >= 4 is 34.6 Å². The van der Waals surface area contributed by atoms with Crippen LogP contribution in [-0.2, 0) is 11.2 Å². The van der Waals surface area contributed by atoms with E-state index in [2.05, 4.69) is 10.3 Å². The van der Waals surface area contributed by atoms with Gasteiger partial charge in [0.1, 0.15) is 11.3 Å². The van der Waals surface area contributed by atoms with Crippen LogP contribution in [0.4, 0.5) is 11.7 Å². The highest BCUT2D eigenvalue weighted by molar-refractivity contribution is 6.05. The fourth-order valence-corrected chi connectivity index (χ4v) is 3.49. The summed E-state index contributed by atoms with van der Waals surface area (Å²) in [7, 11) is 0. The number of carbonyl (C=O) groups excluding carboxylic acids is 2. The molecule has 136 valence electrons. The molecule has 0 aliphatic carbocycles. The molecule has 0 unspecified atom stereocenters. The monoisotopic (exact) mass is 363 g/mol. The Hall–Kier alpha value is -3.35. The highest BCUT2D eigenvalue weighted by Gasteiger charge is 2.26. The van der Waals surface area contributed by atoms with Crippen LogP contribution in [0, 0.1) is 0 Å². The molecule has 2 aliphatic rings. The summed E-state index contributed by atoms with van der Waals surface area (Å²) in [6, 6.07) is 11.0. The number of hydrogen-bond donors (Lipinski definition) is 1. The minimum Gasteiger partial charge on any atom is -0.493 e. The van der Waals surface area contributed by atoms with Crippen LogP contribution in [0.1, 0.15) is 28.8 Å². The topological polar surface area (TPSA) is 84.7 Å². The third-order valence-electron chi connectivity index (χ3n) is 4.89. The van der Waals surface area contributed by atoms with Gasteiger partial charge in [0.05, 0.1) is 6.61 Å². The van der Waals surface area contributed by atoms with Crippen LogP contribution in [-0.4, -0.2) is 29.9 Å². The number of nitrogens with zero attached hydrogens (tertiary/aromatic N) is 2. The van der Waals surface area contributed by atoms with Crippen molar-refractivity contribution in [3.63, 3.8) is 0 Å². The number of aromatic nitrogens is 1. The molecule has 2 amide bonds. The average Bonchev–Trinajstić information content (AvgIpc) is 3.39. The highest BCUT2D eigenvalue weighted by atomic mass is 16.5. The second-order valence-electron chi connectivity index (χ2n) is 6.70. The molecule has 1 N–H and O–H groups in total.